The Labute approximate surface area is 120 Å². The summed E-state index contributed by atoms with van der Waals surface area (Å²) in [6.45, 7) is 0. The molecule has 8 heteroatoms. The van der Waals surface area contributed by atoms with Crippen LogP contribution in [0.5, 0.6) is 0 Å². The van der Waals surface area contributed by atoms with E-state index in [4.69, 9.17) is 11.6 Å². The molecule has 1 aliphatic carbocycles. The fraction of sp³-hybridized carbons (Fsp3) is 0.500. The highest BCUT2D eigenvalue weighted by Gasteiger charge is 2.31. The maximum atomic E-state index is 11.2. The van der Waals surface area contributed by atoms with E-state index in [0.29, 0.717) is 12.8 Å². The number of nitro groups is 1. The second kappa shape index (κ2) is 6.04. The van der Waals surface area contributed by atoms with Gasteiger partial charge in [-0.25, -0.2) is 4.98 Å². The van der Waals surface area contributed by atoms with E-state index in [2.05, 4.69) is 10.3 Å². The topological polar surface area (TPSA) is 105 Å². The van der Waals surface area contributed by atoms with Crippen LogP contribution in [0.3, 0.4) is 0 Å². The van der Waals surface area contributed by atoms with Crippen LogP contribution in [0.15, 0.2) is 12.3 Å². The van der Waals surface area contributed by atoms with Crippen LogP contribution in [-0.2, 0) is 4.79 Å². The molecule has 0 saturated heterocycles. The first-order valence-electron chi connectivity index (χ1n) is 6.28. The van der Waals surface area contributed by atoms with E-state index in [1.165, 1.54) is 6.07 Å². The normalized spacial score (nSPS) is 22.2. The lowest BCUT2D eigenvalue weighted by atomic mass is 9.84. The van der Waals surface area contributed by atoms with Gasteiger partial charge < -0.3 is 10.4 Å². The van der Waals surface area contributed by atoms with Gasteiger partial charge >= 0.3 is 5.97 Å². The minimum atomic E-state index is -0.847. The molecule has 1 aromatic heterocycles. The van der Waals surface area contributed by atoms with Crippen LogP contribution in [0.4, 0.5) is 11.5 Å². The van der Waals surface area contributed by atoms with Crippen molar-refractivity contribution in [3.63, 3.8) is 0 Å². The summed E-state index contributed by atoms with van der Waals surface area (Å²) < 4.78 is 0. The van der Waals surface area contributed by atoms with Crippen LogP contribution >= 0.6 is 11.6 Å². The average molecular weight is 300 g/mol. The van der Waals surface area contributed by atoms with E-state index in [0.717, 1.165) is 19.0 Å². The highest BCUT2D eigenvalue weighted by molar-refractivity contribution is 6.33. The van der Waals surface area contributed by atoms with Crippen LogP contribution in [0.25, 0.3) is 0 Å². The molecule has 2 atom stereocenters. The Morgan fingerprint density at radius 1 is 1.50 bits per heavy atom. The number of carboxylic acid groups (broad SMARTS) is 1. The third kappa shape index (κ3) is 3.16. The Morgan fingerprint density at radius 2 is 2.20 bits per heavy atom. The molecule has 2 rings (SSSR count). The number of nitrogens with zero attached hydrogens (tertiary/aromatic N) is 2. The lowest BCUT2D eigenvalue weighted by Gasteiger charge is -2.29. The van der Waals surface area contributed by atoms with E-state index in [9.17, 15) is 20.0 Å². The van der Waals surface area contributed by atoms with Crippen LogP contribution in [0.1, 0.15) is 25.7 Å². The van der Waals surface area contributed by atoms with Crippen molar-refractivity contribution in [2.24, 2.45) is 5.92 Å². The lowest BCUT2D eigenvalue weighted by Crippen LogP contribution is -2.37. The van der Waals surface area contributed by atoms with Gasteiger partial charge in [0.15, 0.2) is 0 Å². The second-order valence-corrected chi connectivity index (χ2v) is 5.17. The first-order valence-corrected chi connectivity index (χ1v) is 6.66. The Balaban J connectivity index is 2.16. The van der Waals surface area contributed by atoms with Gasteiger partial charge in [0.1, 0.15) is 12.0 Å². The Bertz CT molecular complexity index is 537. The number of hydrogen-bond acceptors (Lipinski definition) is 5. The van der Waals surface area contributed by atoms with Crippen LogP contribution in [-0.4, -0.2) is 27.0 Å². The molecule has 1 saturated carbocycles. The number of hydrogen-bond donors (Lipinski definition) is 2. The number of rotatable bonds is 4. The first-order chi connectivity index (χ1) is 9.49. The smallest absolute Gasteiger partial charge is 0.308 e. The minimum Gasteiger partial charge on any atom is -0.481 e. The second-order valence-electron chi connectivity index (χ2n) is 4.76. The Kier molecular flexibility index (Phi) is 4.39. The summed E-state index contributed by atoms with van der Waals surface area (Å²) in [6.07, 6.45) is 4.25. The van der Waals surface area contributed by atoms with Crippen molar-refractivity contribution < 1.29 is 14.8 Å². The molecular weight excluding hydrogens is 286 g/mol. The van der Waals surface area contributed by atoms with Crippen LogP contribution in [0.2, 0.25) is 5.02 Å². The molecule has 1 fully saturated rings. The van der Waals surface area contributed by atoms with Gasteiger partial charge in [0.2, 0.25) is 0 Å². The maximum Gasteiger partial charge on any atom is 0.308 e. The average Bonchev–Trinajstić information content (AvgIpc) is 2.41. The van der Waals surface area contributed by atoms with Crippen LogP contribution < -0.4 is 5.32 Å². The number of aromatic nitrogens is 1. The van der Waals surface area contributed by atoms with Gasteiger partial charge in [0, 0.05) is 12.1 Å². The molecule has 2 N–H and O–H groups in total. The monoisotopic (exact) mass is 299 g/mol. The maximum absolute atomic E-state index is 11.2. The van der Waals surface area contributed by atoms with E-state index in [-0.39, 0.29) is 22.6 Å². The molecule has 0 bridgehead atoms. The molecule has 1 aliphatic rings. The fourth-order valence-electron chi connectivity index (χ4n) is 2.41. The summed E-state index contributed by atoms with van der Waals surface area (Å²) in [6, 6.07) is 0.947. The molecule has 0 aliphatic heterocycles. The van der Waals surface area contributed by atoms with Crippen molar-refractivity contribution in [3.05, 3.63) is 27.4 Å². The molecule has 0 radical (unpaired) electrons. The highest BCUT2D eigenvalue weighted by Crippen LogP contribution is 2.30. The van der Waals surface area contributed by atoms with Crippen LogP contribution in [0, 0.1) is 16.0 Å². The zero-order chi connectivity index (χ0) is 14.7. The van der Waals surface area contributed by atoms with E-state index >= 15 is 0 Å². The zero-order valence-corrected chi connectivity index (χ0v) is 11.3. The summed E-state index contributed by atoms with van der Waals surface area (Å²) in [4.78, 5) is 25.1. The summed E-state index contributed by atoms with van der Waals surface area (Å²) in [5, 5.41) is 22.9. The van der Waals surface area contributed by atoms with Crippen molar-refractivity contribution >= 4 is 29.1 Å². The predicted octanol–water partition coefficient (Wildman–Crippen LogP) is 2.70. The van der Waals surface area contributed by atoms with Crippen molar-refractivity contribution in [1.29, 1.82) is 0 Å². The van der Waals surface area contributed by atoms with Gasteiger partial charge in [0.05, 0.1) is 15.9 Å². The number of pyridine rings is 1. The molecule has 0 amide bonds. The molecule has 0 spiro atoms. The van der Waals surface area contributed by atoms with Crippen molar-refractivity contribution in [2.75, 3.05) is 5.32 Å². The predicted molar refractivity (Wildman–Crippen MR) is 72.9 cm³/mol. The number of carboxylic acids is 1. The summed E-state index contributed by atoms with van der Waals surface area (Å²) in [7, 11) is 0. The molecule has 2 unspecified atom stereocenters. The van der Waals surface area contributed by atoms with Crippen molar-refractivity contribution in [2.45, 2.75) is 31.7 Å². The molecule has 7 nitrogen and oxygen atoms in total. The Hall–Kier alpha value is -1.89. The van der Waals surface area contributed by atoms with E-state index in [1.54, 1.807) is 0 Å². The zero-order valence-electron chi connectivity index (χ0n) is 10.6. The van der Waals surface area contributed by atoms with Gasteiger partial charge in [-0.15, -0.1) is 0 Å². The fourth-order valence-corrected chi connectivity index (χ4v) is 2.62. The minimum absolute atomic E-state index is 0.119. The summed E-state index contributed by atoms with van der Waals surface area (Å²) >= 11 is 5.94. The van der Waals surface area contributed by atoms with Crippen molar-refractivity contribution in [1.82, 2.24) is 4.98 Å². The molecule has 20 heavy (non-hydrogen) atoms. The van der Waals surface area contributed by atoms with Gasteiger partial charge in [0.25, 0.3) is 5.69 Å². The number of carbonyl (C=O) groups is 1. The SMILES string of the molecule is O=C(O)C1CCCCC1Nc1ncc([N+](=O)[O-])cc1Cl. The summed E-state index contributed by atoms with van der Waals surface area (Å²) in [5.41, 5.74) is -0.195. The number of nitrogens with one attached hydrogen (secondary N) is 1. The van der Waals surface area contributed by atoms with E-state index < -0.39 is 16.8 Å². The number of halogens is 1. The molecule has 0 aromatic carbocycles. The van der Waals surface area contributed by atoms with Gasteiger partial charge in [-0.3, -0.25) is 14.9 Å². The number of aliphatic carboxylic acids is 1. The largest absolute Gasteiger partial charge is 0.481 e. The van der Waals surface area contributed by atoms with Gasteiger partial charge in [-0.2, -0.15) is 0 Å². The first kappa shape index (κ1) is 14.5. The van der Waals surface area contributed by atoms with Gasteiger partial charge in [-0.1, -0.05) is 24.4 Å². The Morgan fingerprint density at radius 3 is 2.80 bits per heavy atom. The molecule has 1 heterocycles. The van der Waals surface area contributed by atoms with Gasteiger partial charge in [-0.05, 0) is 12.8 Å². The summed E-state index contributed by atoms with van der Waals surface area (Å²) in [5.74, 6) is -1.05. The molecular formula is C12H14ClN3O4. The quantitative estimate of drug-likeness (QED) is 0.654. The highest BCUT2D eigenvalue weighted by atomic mass is 35.5. The van der Waals surface area contributed by atoms with E-state index in [1.807, 2.05) is 0 Å². The molecule has 1 aromatic rings. The third-order valence-corrected chi connectivity index (χ3v) is 3.73. The third-order valence-electron chi connectivity index (χ3n) is 3.44. The molecule has 108 valence electrons. The number of anilines is 1. The standard InChI is InChI=1S/C12H14ClN3O4/c13-9-5-7(16(19)20)6-14-11(9)15-10-4-2-1-3-8(10)12(17)18/h5-6,8,10H,1-4H2,(H,14,15)(H,17,18). The van der Waals surface area contributed by atoms with Crippen molar-refractivity contribution in [3.8, 4) is 0 Å². The lowest BCUT2D eigenvalue weighted by molar-refractivity contribution is -0.385.